The first-order valence-electron chi connectivity index (χ1n) is 1.61. The van der Waals surface area contributed by atoms with Crippen molar-refractivity contribution in [2.45, 2.75) is 0 Å². The third-order valence-electron chi connectivity index (χ3n) is 0.418. The monoisotopic (exact) mass is 114 g/mol. The van der Waals surface area contributed by atoms with Gasteiger partial charge in [-0.3, -0.25) is 0 Å². The molecule has 0 amide bonds. The van der Waals surface area contributed by atoms with Crippen LogP contribution >= 0.6 is 0 Å². The van der Waals surface area contributed by atoms with E-state index in [-0.39, 0.29) is 0 Å². The number of hydrogen-bond donors (Lipinski definition) is 2. The van der Waals surface area contributed by atoms with Gasteiger partial charge in [-0.15, -0.1) is 0 Å². The van der Waals surface area contributed by atoms with Crippen molar-refractivity contribution < 1.29 is 19.8 Å². The van der Waals surface area contributed by atoms with Gasteiger partial charge in [0.15, 0.2) is 11.9 Å². The number of aliphatic hydroxyl groups is 2. The molecule has 0 aromatic heterocycles. The Kier molecular flexibility index (Phi) is 2.14. The van der Waals surface area contributed by atoms with E-state index in [0.717, 1.165) is 11.9 Å². The SMILES string of the molecule is O=C=C(O)C(O)=C=O. The highest BCUT2D eigenvalue weighted by Crippen LogP contribution is 1.88. The molecule has 0 fully saturated rings. The smallest absolute Gasteiger partial charge is 0.256 e. The van der Waals surface area contributed by atoms with Crippen LogP contribution < -0.4 is 0 Å². The zero-order chi connectivity index (χ0) is 6.57. The average molecular weight is 114 g/mol. The number of rotatable bonds is 1. The van der Waals surface area contributed by atoms with E-state index in [1.54, 1.807) is 0 Å². The number of carbonyl (C=O) groups excluding carboxylic acids is 2. The third-order valence-corrected chi connectivity index (χ3v) is 0.418. The molecule has 8 heavy (non-hydrogen) atoms. The van der Waals surface area contributed by atoms with Crippen LogP contribution in [-0.4, -0.2) is 22.1 Å². The average Bonchev–Trinajstić information content (AvgIpc) is 1.84. The topological polar surface area (TPSA) is 74.6 Å². The minimum atomic E-state index is -1.12. The molecule has 0 atom stereocenters. The van der Waals surface area contributed by atoms with E-state index in [0.29, 0.717) is 0 Å². The molecule has 0 aliphatic heterocycles. The second-order valence-electron chi connectivity index (χ2n) is 0.901. The van der Waals surface area contributed by atoms with Gasteiger partial charge in [0.05, 0.1) is 0 Å². The van der Waals surface area contributed by atoms with Crippen LogP contribution in [0.2, 0.25) is 0 Å². The Morgan fingerprint density at radius 1 is 1.00 bits per heavy atom. The van der Waals surface area contributed by atoms with Crippen LogP contribution in [0.4, 0.5) is 0 Å². The van der Waals surface area contributed by atoms with Crippen LogP contribution in [0.15, 0.2) is 11.5 Å². The van der Waals surface area contributed by atoms with Gasteiger partial charge in [-0.05, 0) is 0 Å². The Morgan fingerprint density at radius 3 is 1.38 bits per heavy atom. The van der Waals surface area contributed by atoms with E-state index in [2.05, 4.69) is 0 Å². The fourth-order valence-electron chi connectivity index (χ4n) is 0.0967. The molecule has 0 rings (SSSR count). The maximum absolute atomic E-state index is 9.33. The molecule has 0 aliphatic rings. The highest BCUT2D eigenvalue weighted by Gasteiger charge is 1.98. The van der Waals surface area contributed by atoms with Gasteiger partial charge in [0, 0.05) is 0 Å². The van der Waals surface area contributed by atoms with Crippen molar-refractivity contribution in [2.75, 3.05) is 0 Å². The van der Waals surface area contributed by atoms with Crippen LogP contribution in [0.1, 0.15) is 0 Å². The van der Waals surface area contributed by atoms with E-state index in [1.807, 2.05) is 0 Å². The fraction of sp³-hybridized carbons (Fsp3) is 0. The van der Waals surface area contributed by atoms with Crippen molar-refractivity contribution in [3.63, 3.8) is 0 Å². The third kappa shape index (κ3) is 1.30. The van der Waals surface area contributed by atoms with Gasteiger partial charge in [0.2, 0.25) is 0 Å². The minimum Gasteiger partial charge on any atom is -0.496 e. The molecule has 0 radical (unpaired) electrons. The van der Waals surface area contributed by atoms with E-state index in [1.165, 1.54) is 0 Å². The molecule has 0 aromatic rings. The van der Waals surface area contributed by atoms with Crippen LogP contribution in [0.5, 0.6) is 0 Å². The zero-order valence-corrected chi connectivity index (χ0v) is 3.71. The van der Waals surface area contributed by atoms with Crippen LogP contribution in [-0.2, 0) is 9.59 Å². The van der Waals surface area contributed by atoms with Crippen molar-refractivity contribution in [1.82, 2.24) is 0 Å². The highest BCUT2D eigenvalue weighted by molar-refractivity contribution is 5.65. The number of hydrogen-bond acceptors (Lipinski definition) is 4. The summed E-state index contributed by atoms with van der Waals surface area (Å²) in [5, 5.41) is 16.1. The van der Waals surface area contributed by atoms with Gasteiger partial charge >= 0.3 is 0 Å². The first-order chi connectivity index (χ1) is 3.72. The standard InChI is InChI=1S/C4H2O4/c5-1-3(7)4(8)2-6/h7-8H. The second kappa shape index (κ2) is 2.64. The van der Waals surface area contributed by atoms with E-state index < -0.39 is 11.5 Å². The van der Waals surface area contributed by atoms with Gasteiger partial charge in [-0.2, -0.15) is 0 Å². The molecule has 0 saturated carbocycles. The Bertz CT molecular complexity index is 158. The fourth-order valence-corrected chi connectivity index (χ4v) is 0.0967. The lowest BCUT2D eigenvalue weighted by Gasteiger charge is -1.81. The summed E-state index contributed by atoms with van der Waals surface area (Å²) in [5.74, 6) is -0.473. The Labute approximate surface area is 44.4 Å². The van der Waals surface area contributed by atoms with Crippen molar-refractivity contribution in [3.8, 4) is 0 Å². The molecule has 0 heterocycles. The summed E-state index contributed by atoms with van der Waals surface area (Å²) < 4.78 is 0. The first-order valence-corrected chi connectivity index (χ1v) is 1.61. The summed E-state index contributed by atoms with van der Waals surface area (Å²) in [7, 11) is 0. The lowest BCUT2D eigenvalue weighted by Crippen LogP contribution is -1.86. The summed E-state index contributed by atoms with van der Waals surface area (Å²) >= 11 is 0. The molecule has 0 unspecified atom stereocenters. The second-order valence-corrected chi connectivity index (χ2v) is 0.901. The highest BCUT2D eigenvalue weighted by atomic mass is 16.3. The van der Waals surface area contributed by atoms with Crippen LogP contribution in [0, 0.1) is 0 Å². The molecule has 0 saturated heterocycles. The van der Waals surface area contributed by atoms with Crippen molar-refractivity contribution in [1.29, 1.82) is 0 Å². The Balaban J connectivity index is 4.52. The maximum Gasteiger partial charge on any atom is 0.256 e. The lowest BCUT2D eigenvalue weighted by molar-refractivity contribution is 0.331. The quantitative estimate of drug-likeness (QED) is 0.274. The molecule has 2 N–H and O–H groups in total. The van der Waals surface area contributed by atoms with Gasteiger partial charge in [0.1, 0.15) is 0 Å². The van der Waals surface area contributed by atoms with E-state index in [4.69, 9.17) is 10.2 Å². The van der Waals surface area contributed by atoms with Crippen molar-refractivity contribution in [3.05, 3.63) is 11.5 Å². The van der Waals surface area contributed by atoms with Crippen molar-refractivity contribution >= 4 is 11.9 Å². The van der Waals surface area contributed by atoms with Gasteiger partial charge in [-0.1, -0.05) is 0 Å². The Hall–Kier alpha value is -1.50. The normalized spacial score (nSPS) is 6.50. The zero-order valence-electron chi connectivity index (χ0n) is 3.71. The molecule has 42 valence electrons. The van der Waals surface area contributed by atoms with Crippen LogP contribution in [0.3, 0.4) is 0 Å². The summed E-state index contributed by atoms with van der Waals surface area (Å²) in [6, 6.07) is 0. The molecule has 0 spiro atoms. The number of aliphatic hydroxyl groups excluding tert-OH is 2. The minimum absolute atomic E-state index is 0.888. The maximum atomic E-state index is 9.33. The predicted octanol–water partition coefficient (Wildman–Crippen LogP) is -0.467. The summed E-state index contributed by atoms with van der Waals surface area (Å²) in [6.45, 7) is 0. The van der Waals surface area contributed by atoms with E-state index >= 15 is 0 Å². The van der Waals surface area contributed by atoms with Gasteiger partial charge in [0.25, 0.3) is 11.5 Å². The Morgan fingerprint density at radius 2 is 1.25 bits per heavy atom. The van der Waals surface area contributed by atoms with Gasteiger partial charge < -0.3 is 10.2 Å². The summed E-state index contributed by atoms with van der Waals surface area (Å²) in [4.78, 5) is 18.7. The molecule has 0 bridgehead atoms. The summed E-state index contributed by atoms with van der Waals surface area (Å²) in [6.07, 6.45) is 0. The van der Waals surface area contributed by atoms with Crippen LogP contribution in [0.25, 0.3) is 0 Å². The molecular weight excluding hydrogens is 112 g/mol. The van der Waals surface area contributed by atoms with Crippen molar-refractivity contribution in [2.24, 2.45) is 0 Å². The van der Waals surface area contributed by atoms with Gasteiger partial charge in [-0.25, -0.2) is 9.59 Å². The molecule has 0 aliphatic carbocycles. The lowest BCUT2D eigenvalue weighted by atomic mass is 10.5. The molecular formula is C4H2O4. The largest absolute Gasteiger partial charge is 0.496 e. The predicted molar refractivity (Wildman–Crippen MR) is 23.7 cm³/mol. The molecule has 4 heteroatoms. The molecule has 4 nitrogen and oxygen atoms in total. The molecule has 0 aromatic carbocycles. The first kappa shape index (κ1) is 6.50. The van der Waals surface area contributed by atoms with E-state index in [9.17, 15) is 9.59 Å². The summed E-state index contributed by atoms with van der Waals surface area (Å²) in [5.41, 5.74) is 0.